The highest BCUT2D eigenvalue weighted by molar-refractivity contribution is 7.21. The van der Waals surface area contributed by atoms with Crippen LogP contribution >= 0.6 is 11.3 Å². The Morgan fingerprint density at radius 3 is 2.92 bits per heavy atom. The topological polar surface area (TPSA) is 92.3 Å². The maximum Gasteiger partial charge on any atom is 0.263 e. The molecule has 2 N–H and O–H groups in total. The number of fused-ring (bicyclic) bond motifs is 5. The third-order valence-electron chi connectivity index (χ3n) is 6.72. The highest BCUT2D eigenvalue weighted by atomic mass is 32.1. The van der Waals surface area contributed by atoms with Gasteiger partial charge in [0.15, 0.2) is 0 Å². The van der Waals surface area contributed by atoms with Crippen LogP contribution in [0.3, 0.4) is 0 Å². The molecule has 3 aromatic heterocycles. The minimum absolute atomic E-state index is 0.0400. The van der Waals surface area contributed by atoms with E-state index in [1.165, 1.54) is 24.2 Å². The number of terminal acetylenes is 1. The van der Waals surface area contributed by atoms with E-state index < -0.39 is 0 Å². The van der Waals surface area contributed by atoms with Crippen LogP contribution in [0.5, 0.6) is 5.88 Å². The smallest absolute Gasteiger partial charge is 0.263 e. The fourth-order valence-electron chi connectivity index (χ4n) is 4.89. The highest BCUT2D eigenvalue weighted by Gasteiger charge is 2.25. The molecule has 2 aliphatic heterocycles. The molecule has 0 saturated carbocycles. The molecule has 0 spiro atoms. The van der Waals surface area contributed by atoms with Crippen molar-refractivity contribution in [3.8, 4) is 29.5 Å². The Bertz CT molecular complexity index is 1520. The van der Waals surface area contributed by atoms with Crippen LogP contribution in [-0.2, 0) is 0 Å². The van der Waals surface area contributed by atoms with Crippen molar-refractivity contribution in [2.75, 3.05) is 38.1 Å². The van der Waals surface area contributed by atoms with Crippen molar-refractivity contribution in [2.24, 2.45) is 0 Å². The Morgan fingerprint density at radius 2 is 2.08 bits per heavy atom. The van der Waals surface area contributed by atoms with E-state index in [1.807, 2.05) is 31.2 Å². The summed E-state index contributed by atoms with van der Waals surface area (Å²) in [5, 5.41) is 16.9. The summed E-state index contributed by atoms with van der Waals surface area (Å²) in [4.78, 5) is 20.8. The summed E-state index contributed by atoms with van der Waals surface area (Å²) in [6.45, 7) is 6.26. The molecular formula is C27H26N6O2S. The summed E-state index contributed by atoms with van der Waals surface area (Å²) in [6.07, 6.45) is 8.09. The summed E-state index contributed by atoms with van der Waals surface area (Å²) >= 11 is 1.50. The summed E-state index contributed by atoms with van der Waals surface area (Å²) in [6, 6.07) is 9.87. The Kier molecular flexibility index (Phi) is 5.91. The number of carbonyl (C=O) groups is 1. The van der Waals surface area contributed by atoms with E-state index in [2.05, 4.69) is 31.7 Å². The third kappa shape index (κ3) is 4.12. The van der Waals surface area contributed by atoms with Gasteiger partial charge in [-0.15, -0.1) is 28.0 Å². The lowest BCUT2D eigenvalue weighted by molar-refractivity contribution is 0.0949. The summed E-state index contributed by atoms with van der Waals surface area (Å²) in [5.74, 6) is 2.95. The number of amides is 1. The van der Waals surface area contributed by atoms with Crippen LogP contribution in [0.4, 0.5) is 5.69 Å². The number of rotatable bonds is 5. The van der Waals surface area contributed by atoms with Crippen LogP contribution < -0.4 is 15.4 Å². The number of nitrogens with zero attached hydrogens (tertiary/aromatic N) is 4. The molecule has 0 bridgehead atoms. The number of hydrogen-bond acceptors (Lipinski definition) is 8. The average Bonchev–Trinajstić information content (AvgIpc) is 3.52. The number of ether oxygens (including phenoxy) is 1. The van der Waals surface area contributed by atoms with Crippen LogP contribution in [0.1, 0.15) is 35.1 Å². The fourth-order valence-corrected chi connectivity index (χ4v) is 5.99. The van der Waals surface area contributed by atoms with Crippen LogP contribution in [0, 0.1) is 12.3 Å². The molecule has 6 rings (SSSR count). The predicted molar refractivity (Wildman–Crippen MR) is 143 cm³/mol. The molecular weight excluding hydrogens is 472 g/mol. The SMILES string of the molecule is C#Cc1cc(-c2ccc3c(ccc4sc5c(c43)NC[C@@H](C)NC5=O)n2)c(OCCN2CCCC2)nn1. The van der Waals surface area contributed by atoms with E-state index in [-0.39, 0.29) is 11.9 Å². The molecule has 0 aliphatic carbocycles. The zero-order valence-corrected chi connectivity index (χ0v) is 20.8. The minimum atomic E-state index is -0.0400. The molecule has 182 valence electrons. The lowest BCUT2D eigenvalue weighted by Crippen LogP contribution is -2.34. The second kappa shape index (κ2) is 9.37. The van der Waals surface area contributed by atoms with Crippen LogP contribution in [0.2, 0.25) is 0 Å². The molecule has 8 nitrogen and oxygen atoms in total. The summed E-state index contributed by atoms with van der Waals surface area (Å²) in [5.41, 5.74) is 3.56. The number of carbonyl (C=O) groups excluding carboxylic acids is 1. The number of thiophene rings is 1. The molecule has 2 aliphatic rings. The predicted octanol–water partition coefficient (Wildman–Crippen LogP) is 3.91. The first-order valence-electron chi connectivity index (χ1n) is 12.2. The Balaban J connectivity index is 1.39. The first-order valence-corrected chi connectivity index (χ1v) is 13.0. The molecule has 1 aromatic carbocycles. The van der Waals surface area contributed by atoms with E-state index >= 15 is 0 Å². The standard InChI is InChI=1S/C27H26N6O2S/c1-3-17-14-19(27(32-31-17)35-13-12-33-10-4-5-11-33)21-7-6-18-20(30-21)8-9-22-23(18)24-25(36-22)26(34)29-16(2)15-28-24/h1,6-9,14,16,28H,4-5,10-13,15H2,2H3,(H,29,34)/t16-/m1/s1. The second-order valence-electron chi connectivity index (χ2n) is 9.25. The Labute approximate surface area is 213 Å². The quantitative estimate of drug-likeness (QED) is 0.403. The molecule has 1 fully saturated rings. The molecule has 0 unspecified atom stereocenters. The van der Waals surface area contributed by atoms with E-state index in [9.17, 15) is 4.79 Å². The molecule has 9 heteroatoms. The number of anilines is 1. The van der Waals surface area contributed by atoms with Gasteiger partial charge in [-0.05, 0) is 69.1 Å². The van der Waals surface area contributed by atoms with E-state index in [0.717, 1.165) is 51.9 Å². The van der Waals surface area contributed by atoms with Gasteiger partial charge in [-0.3, -0.25) is 9.69 Å². The minimum Gasteiger partial charge on any atom is -0.475 e. The second-order valence-corrected chi connectivity index (χ2v) is 10.3. The van der Waals surface area contributed by atoms with Crippen molar-refractivity contribution in [1.29, 1.82) is 0 Å². The van der Waals surface area contributed by atoms with Crippen molar-refractivity contribution in [1.82, 2.24) is 25.4 Å². The van der Waals surface area contributed by atoms with Gasteiger partial charge in [0, 0.05) is 34.6 Å². The lowest BCUT2D eigenvalue weighted by Gasteiger charge is -2.15. The van der Waals surface area contributed by atoms with Gasteiger partial charge in [0.1, 0.15) is 17.2 Å². The highest BCUT2D eigenvalue weighted by Crippen LogP contribution is 2.41. The van der Waals surface area contributed by atoms with E-state index in [1.54, 1.807) is 6.07 Å². The van der Waals surface area contributed by atoms with Crippen LogP contribution in [0.25, 0.3) is 32.2 Å². The molecule has 36 heavy (non-hydrogen) atoms. The maximum absolute atomic E-state index is 12.7. The van der Waals surface area contributed by atoms with Gasteiger partial charge in [-0.1, -0.05) is 0 Å². The lowest BCUT2D eigenvalue weighted by atomic mass is 10.1. The summed E-state index contributed by atoms with van der Waals surface area (Å²) in [7, 11) is 0. The van der Waals surface area contributed by atoms with Gasteiger partial charge in [0.2, 0.25) is 5.88 Å². The third-order valence-corrected chi connectivity index (χ3v) is 7.87. The molecule has 1 atom stereocenters. The largest absolute Gasteiger partial charge is 0.475 e. The number of pyridine rings is 1. The van der Waals surface area contributed by atoms with E-state index in [0.29, 0.717) is 35.3 Å². The first-order chi connectivity index (χ1) is 17.6. The van der Waals surface area contributed by atoms with Crippen LogP contribution in [0.15, 0.2) is 30.3 Å². The Hall–Kier alpha value is -3.74. The molecule has 4 aromatic rings. The number of hydrogen-bond donors (Lipinski definition) is 2. The number of benzene rings is 1. The van der Waals surface area contributed by atoms with Gasteiger partial charge >= 0.3 is 0 Å². The average molecular weight is 499 g/mol. The van der Waals surface area contributed by atoms with Crippen molar-refractivity contribution >= 4 is 43.9 Å². The maximum atomic E-state index is 12.7. The fraction of sp³-hybridized carbons (Fsp3) is 0.333. The first kappa shape index (κ1) is 22.7. The summed E-state index contributed by atoms with van der Waals surface area (Å²) < 4.78 is 7.10. The monoisotopic (exact) mass is 498 g/mol. The number of nitrogens with one attached hydrogen (secondary N) is 2. The number of likely N-dealkylation sites (tertiary alicyclic amines) is 1. The van der Waals surface area contributed by atoms with Gasteiger partial charge in [0.05, 0.1) is 22.5 Å². The van der Waals surface area contributed by atoms with Crippen LogP contribution in [-0.4, -0.2) is 64.8 Å². The zero-order chi connectivity index (χ0) is 24.6. The molecule has 0 radical (unpaired) electrons. The van der Waals surface area contributed by atoms with Gasteiger partial charge in [0.25, 0.3) is 5.91 Å². The van der Waals surface area contributed by atoms with Gasteiger partial charge in [-0.25, -0.2) is 4.98 Å². The van der Waals surface area contributed by atoms with Gasteiger partial charge < -0.3 is 15.4 Å². The molecule has 1 amide bonds. The molecule has 1 saturated heterocycles. The Morgan fingerprint density at radius 1 is 1.22 bits per heavy atom. The number of aromatic nitrogens is 3. The molecule has 5 heterocycles. The van der Waals surface area contributed by atoms with Crippen molar-refractivity contribution in [2.45, 2.75) is 25.8 Å². The normalized spacial score (nSPS) is 17.9. The van der Waals surface area contributed by atoms with Gasteiger partial charge in [-0.2, -0.15) is 0 Å². The van der Waals surface area contributed by atoms with E-state index in [4.69, 9.17) is 16.1 Å². The van der Waals surface area contributed by atoms with Crippen molar-refractivity contribution < 1.29 is 9.53 Å². The van der Waals surface area contributed by atoms with Crippen molar-refractivity contribution in [3.63, 3.8) is 0 Å². The zero-order valence-electron chi connectivity index (χ0n) is 20.0. The van der Waals surface area contributed by atoms with Crippen molar-refractivity contribution in [3.05, 3.63) is 40.9 Å².